The Morgan fingerprint density at radius 2 is 2.14 bits per heavy atom. The molecule has 0 radical (unpaired) electrons. The minimum atomic E-state index is 0.0695. The highest BCUT2D eigenvalue weighted by atomic mass is 32.1. The van der Waals surface area contributed by atoms with Crippen LogP contribution < -0.4 is 0 Å². The normalized spacial score (nSPS) is 13.0. The highest BCUT2D eigenvalue weighted by molar-refractivity contribution is 7.10. The molecule has 1 aromatic rings. The molecule has 0 amide bonds. The Balaban J connectivity index is 3.21. The van der Waals surface area contributed by atoms with Gasteiger partial charge >= 0.3 is 0 Å². The van der Waals surface area contributed by atoms with E-state index in [1.807, 2.05) is 0 Å². The largest absolute Gasteiger partial charge is 0.261 e. The van der Waals surface area contributed by atoms with Crippen LogP contribution in [0.15, 0.2) is 29.2 Å². The van der Waals surface area contributed by atoms with Crippen LogP contribution in [0.25, 0.3) is 0 Å². The topological polar surface area (TPSA) is 12.4 Å². The highest BCUT2D eigenvalue weighted by Gasteiger charge is 2.21. The van der Waals surface area contributed by atoms with Crippen LogP contribution >= 0.6 is 11.3 Å². The Morgan fingerprint density at radius 3 is 2.50 bits per heavy atom. The van der Waals surface area contributed by atoms with Crippen molar-refractivity contribution in [1.29, 1.82) is 0 Å². The predicted octanol–water partition coefficient (Wildman–Crippen LogP) is 4.04. The van der Waals surface area contributed by atoms with Gasteiger partial charge in [0, 0.05) is 22.1 Å². The van der Waals surface area contributed by atoms with E-state index in [2.05, 4.69) is 50.7 Å². The lowest BCUT2D eigenvalue weighted by Crippen LogP contribution is -2.21. The van der Waals surface area contributed by atoms with Crippen LogP contribution in [-0.2, 0) is 0 Å². The Kier molecular flexibility index (Phi) is 3.27. The molecule has 0 atom stereocenters. The molecule has 0 spiro atoms. The van der Waals surface area contributed by atoms with E-state index in [1.54, 1.807) is 17.5 Å². The van der Waals surface area contributed by atoms with E-state index in [1.165, 1.54) is 10.4 Å². The minimum Gasteiger partial charge on any atom is -0.261 e. The fourth-order valence-corrected chi connectivity index (χ4v) is 2.09. The second kappa shape index (κ2) is 4.09. The van der Waals surface area contributed by atoms with Crippen LogP contribution in [0, 0.1) is 12.3 Å². The molecule has 0 aliphatic carbocycles. The van der Waals surface area contributed by atoms with E-state index < -0.39 is 0 Å². The zero-order chi connectivity index (χ0) is 10.8. The van der Waals surface area contributed by atoms with Gasteiger partial charge in [-0.3, -0.25) is 4.99 Å². The van der Waals surface area contributed by atoms with Crippen molar-refractivity contribution >= 4 is 17.0 Å². The number of aliphatic imine (C=N–C) groups is 1. The molecule has 76 valence electrons. The first-order valence-corrected chi connectivity index (χ1v) is 5.58. The van der Waals surface area contributed by atoms with Crippen molar-refractivity contribution in [3.05, 3.63) is 34.7 Å². The molecule has 0 saturated heterocycles. The average Bonchev–Trinajstić information content (AvgIpc) is 2.45. The third-order valence-electron chi connectivity index (χ3n) is 2.04. The lowest BCUT2D eigenvalue weighted by molar-refractivity contribution is 0.592. The van der Waals surface area contributed by atoms with Crippen LogP contribution in [0.4, 0.5) is 0 Å². The van der Waals surface area contributed by atoms with Gasteiger partial charge in [-0.25, -0.2) is 0 Å². The fraction of sp³-hybridized carbons (Fsp3) is 0.417. The second-order valence-electron chi connectivity index (χ2n) is 4.30. The SMILES string of the molecule is C=CN=C(c1ccsc1C)C(C)(C)C. The number of nitrogens with zero attached hydrogens (tertiary/aromatic N) is 1. The van der Waals surface area contributed by atoms with Crippen molar-refractivity contribution in [2.45, 2.75) is 27.7 Å². The summed E-state index contributed by atoms with van der Waals surface area (Å²) in [6.45, 7) is 12.3. The molecule has 0 unspecified atom stereocenters. The molecule has 1 rings (SSSR count). The van der Waals surface area contributed by atoms with Gasteiger partial charge in [-0.2, -0.15) is 0 Å². The summed E-state index contributed by atoms with van der Waals surface area (Å²) in [5.74, 6) is 0. The number of aryl methyl sites for hydroxylation is 1. The third-order valence-corrected chi connectivity index (χ3v) is 2.89. The average molecular weight is 207 g/mol. The first kappa shape index (κ1) is 11.2. The van der Waals surface area contributed by atoms with Crippen molar-refractivity contribution in [2.75, 3.05) is 0 Å². The fourth-order valence-electron chi connectivity index (χ4n) is 1.39. The molecule has 0 aliphatic rings. The summed E-state index contributed by atoms with van der Waals surface area (Å²) in [7, 11) is 0. The number of hydrogen-bond acceptors (Lipinski definition) is 2. The Bertz CT molecular complexity index is 353. The predicted molar refractivity (Wildman–Crippen MR) is 65.2 cm³/mol. The second-order valence-corrected chi connectivity index (χ2v) is 5.42. The minimum absolute atomic E-state index is 0.0695. The molecule has 0 N–H and O–H groups in total. The first-order valence-electron chi connectivity index (χ1n) is 4.70. The van der Waals surface area contributed by atoms with Gasteiger partial charge in [-0.15, -0.1) is 11.3 Å². The van der Waals surface area contributed by atoms with Gasteiger partial charge in [0.1, 0.15) is 0 Å². The molecule has 0 aromatic carbocycles. The van der Waals surface area contributed by atoms with Crippen LogP contribution in [0.2, 0.25) is 0 Å². The molecule has 0 saturated carbocycles. The molecule has 0 fully saturated rings. The van der Waals surface area contributed by atoms with Gasteiger partial charge in [0.25, 0.3) is 0 Å². The standard InChI is InChI=1S/C12H17NS/c1-6-13-11(12(3,4)5)10-7-8-14-9(10)2/h6-8H,1H2,2-5H3. The number of rotatable bonds is 2. The molecular formula is C12H17NS. The molecule has 0 aliphatic heterocycles. The summed E-state index contributed by atoms with van der Waals surface area (Å²) in [5, 5.41) is 2.11. The molecular weight excluding hydrogens is 190 g/mol. The van der Waals surface area contributed by atoms with Crippen molar-refractivity contribution < 1.29 is 0 Å². The van der Waals surface area contributed by atoms with Gasteiger partial charge in [-0.05, 0) is 18.4 Å². The van der Waals surface area contributed by atoms with Gasteiger partial charge < -0.3 is 0 Å². The van der Waals surface area contributed by atoms with Crippen molar-refractivity contribution in [1.82, 2.24) is 0 Å². The van der Waals surface area contributed by atoms with Crippen LogP contribution in [-0.4, -0.2) is 5.71 Å². The number of thiophene rings is 1. The lowest BCUT2D eigenvalue weighted by atomic mass is 9.86. The van der Waals surface area contributed by atoms with E-state index in [0.717, 1.165) is 5.71 Å². The van der Waals surface area contributed by atoms with Crippen molar-refractivity contribution in [2.24, 2.45) is 10.4 Å². The van der Waals surface area contributed by atoms with E-state index in [-0.39, 0.29) is 5.41 Å². The lowest BCUT2D eigenvalue weighted by Gasteiger charge is -2.21. The third kappa shape index (κ3) is 2.32. The summed E-state index contributed by atoms with van der Waals surface area (Å²) in [6, 6.07) is 2.13. The molecule has 1 nitrogen and oxygen atoms in total. The van der Waals surface area contributed by atoms with E-state index in [9.17, 15) is 0 Å². The molecule has 1 aromatic heterocycles. The van der Waals surface area contributed by atoms with Gasteiger partial charge in [0.05, 0.1) is 5.71 Å². The van der Waals surface area contributed by atoms with Gasteiger partial charge in [0.15, 0.2) is 0 Å². The van der Waals surface area contributed by atoms with Crippen molar-refractivity contribution in [3.63, 3.8) is 0 Å². The summed E-state index contributed by atoms with van der Waals surface area (Å²) in [5.41, 5.74) is 2.44. The van der Waals surface area contributed by atoms with Crippen LogP contribution in [0.5, 0.6) is 0 Å². The van der Waals surface area contributed by atoms with Crippen LogP contribution in [0.3, 0.4) is 0 Å². The zero-order valence-corrected chi connectivity index (χ0v) is 10.1. The summed E-state index contributed by atoms with van der Waals surface area (Å²) >= 11 is 1.76. The Morgan fingerprint density at radius 1 is 1.50 bits per heavy atom. The monoisotopic (exact) mass is 207 g/mol. The molecule has 14 heavy (non-hydrogen) atoms. The smallest absolute Gasteiger partial charge is 0.0540 e. The van der Waals surface area contributed by atoms with Crippen molar-refractivity contribution in [3.8, 4) is 0 Å². The quantitative estimate of drug-likeness (QED) is 0.649. The molecule has 1 heterocycles. The maximum atomic E-state index is 4.39. The van der Waals surface area contributed by atoms with E-state index in [4.69, 9.17) is 0 Å². The summed E-state index contributed by atoms with van der Waals surface area (Å²) in [4.78, 5) is 5.71. The first-order chi connectivity index (χ1) is 6.46. The van der Waals surface area contributed by atoms with E-state index >= 15 is 0 Å². The summed E-state index contributed by atoms with van der Waals surface area (Å²) in [6.07, 6.45) is 1.62. The van der Waals surface area contributed by atoms with Gasteiger partial charge in [-0.1, -0.05) is 27.4 Å². The number of hydrogen-bond donors (Lipinski definition) is 0. The molecule has 0 bridgehead atoms. The molecule has 2 heteroatoms. The summed E-state index contributed by atoms with van der Waals surface area (Å²) < 4.78 is 0. The Labute approximate surface area is 90.2 Å². The van der Waals surface area contributed by atoms with Crippen LogP contribution in [0.1, 0.15) is 31.2 Å². The Hall–Kier alpha value is -0.890. The maximum absolute atomic E-state index is 4.39. The van der Waals surface area contributed by atoms with E-state index in [0.29, 0.717) is 0 Å². The maximum Gasteiger partial charge on any atom is 0.0540 e. The highest BCUT2D eigenvalue weighted by Crippen LogP contribution is 2.26. The van der Waals surface area contributed by atoms with Gasteiger partial charge in [0.2, 0.25) is 0 Å². The zero-order valence-electron chi connectivity index (χ0n) is 9.29.